The molecule has 1 aliphatic heterocycles. The van der Waals surface area contributed by atoms with E-state index in [1.165, 1.54) is 57.8 Å². The fourth-order valence-electron chi connectivity index (χ4n) is 2.88. The van der Waals surface area contributed by atoms with Gasteiger partial charge < -0.3 is 5.32 Å². The summed E-state index contributed by atoms with van der Waals surface area (Å²) in [6.45, 7) is 2.25. The highest BCUT2D eigenvalue weighted by atomic mass is 35.5. The van der Waals surface area contributed by atoms with Gasteiger partial charge in [-0.15, -0.1) is 11.6 Å². The molecule has 2 atom stereocenters. The molecule has 0 radical (unpaired) electrons. The number of alkyl halides is 1. The topological polar surface area (TPSA) is 46.2 Å². The molecule has 0 bridgehead atoms. The maximum Gasteiger partial charge on any atom is 0.153 e. The number of unbranched alkanes of at least 4 members (excludes halogenated alkanes) is 9. The predicted octanol–water partition coefficient (Wildman–Crippen LogP) is 4.92. The van der Waals surface area contributed by atoms with E-state index >= 15 is 0 Å². The van der Waals surface area contributed by atoms with Gasteiger partial charge in [-0.1, -0.05) is 88.7 Å². The normalized spacial score (nSPS) is 22.6. The van der Waals surface area contributed by atoms with Crippen molar-refractivity contribution in [2.75, 3.05) is 17.3 Å². The van der Waals surface area contributed by atoms with E-state index in [0.29, 0.717) is 4.32 Å². The zero-order valence-corrected chi connectivity index (χ0v) is 18.0. The van der Waals surface area contributed by atoms with Crippen molar-refractivity contribution in [3.8, 4) is 0 Å². The van der Waals surface area contributed by atoms with Crippen molar-refractivity contribution in [3.05, 3.63) is 0 Å². The Morgan fingerprint density at radius 2 is 1.58 bits per heavy atom. The highest BCUT2D eigenvalue weighted by Gasteiger charge is 2.36. The highest BCUT2D eigenvalue weighted by Crippen LogP contribution is 2.19. The molecule has 3 nitrogen and oxygen atoms in total. The Labute approximate surface area is 163 Å². The van der Waals surface area contributed by atoms with Crippen molar-refractivity contribution in [2.24, 2.45) is 0 Å². The molecule has 0 amide bonds. The summed E-state index contributed by atoms with van der Waals surface area (Å²) in [5, 5.41) is 2.73. The lowest BCUT2D eigenvalue weighted by Gasteiger charge is -2.15. The van der Waals surface area contributed by atoms with Gasteiger partial charge in [0.15, 0.2) is 9.84 Å². The van der Waals surface area contributed by atoms with Crippen LogP contribution in [0.4, 0.5) is 0 Å². The molecule has 0 aromatic carbocycles. The smallest absolute Gasteiger partial charge is 0.153 e. The molecule has 142 valence electrons. The van der Waals surface area contributed by atoms with Crippen molar-refractivity contribution < 1.29 is 8.42 Å². The second kappa shape index (κ2) is 12.8. The minimum absolute atomic E-state index is 0.0535. The van der Waals surface area contributed by atoms with Gasteiger partial charge >= 0.3 is 0 Å². The van der Waals surface area contributed by atoms with Crippen LogP contribution in [0.1, 0.15) is 71.1 Å². The Bertz CT molecular complexity index is 457. The molecular formula is C17H32ClNO2S3. The molecule has 1 saturated heterocycles. The first kappa shape index (κ1) is 22.5. The number of hydrogen-bond acceptors (Lipinski definition) is 4. The zero-order valence-electron chi connectivity index (χ0n) is 14.8. The lowest BCUT2D eigenvalue weighted by molar-refractivity contribution is 0.563. The Morgan fingerprint density at radius 3 is 2.08 bits per heavy atom. The van der Waals surface area contributed by atoms with Crippen LogP contribution >= 0.6 is 35.6 Å². The summed E-state index contributed by atoms with van der Waals surface area (Å²) in [6, 6.07) is -0.232. The van der Waals surface area contributed by atoms with Crippen molar-refractivity contribution in [2.45, 2.75) is 82.6 Å². The summed E-state index contributed by atoms with van der Waals surface area (Å²) >= 11 is 13.0. The van der Waals surface area contributed by atoms with Crippen LogP contribution < -0.4 is 5.32 Å². The molecule has 1 N–H and O–H groups in total. The van der Waals surface area contributed by atoms with Crippen molar-refractivity contribution in [3.63, 3.8) is 0 Å². The first-order valence-corrected chi connectivity index (χ1v) is 12.9. The van der Waals surface area contributed by atoms with Crippen LogP contribution in [0.15, 0.2) is 0 Å². The first-order valence-electron chi connectivity index (χ1n) is 9.22. The first-order chi connectivity index (χ1) is 11.4. The number of sulfone groups is 1. The lowest BCUT2D eigenvalue weighted by atomic mass is 10.1. The van der Waals surface area contributed by atoms with Gasteiger partial charge in [0.05, 0.1) is 22.9 Å². The maximum atomic E-state index is 11.5. The molecule has 0 aliphatic carbocycles. The average Bonchev–Trinajstić information content (AvgIpc) is 2.76. The minimum Gasteiger partial charge on any atom is -0.366 e. The maximum absolute atomic E-state index is 11.5. The summed E-state index contributed by atoms with van der Waals surface area (Å²) in [5.74, 6) is 1.15. The summed E-state index contributed by atoms with van der Waals surface area (Å²) < 4.78 is 23.7. The van der Waals surface area contributed by atoms with Gasteiger partial charge in [-0.3, -0.25) is 0 Å². The number of halogens is 1. The number of thiocarbonyl (C=S) groups is 1. The molecule has 0 saturated carbocycles. The molecule has 0 spiro atoms. The Morgan fingerprint density at radius 1 is 1.04 bits per heavy atom. The van der Waals surface area contributed by atoms with Gasteiger partial charge in [-0.25, -0.2) is 8.42 Å². The number of rotatable bonds is 12. The molecule has 0 aromatic heterocycles. The fraction of sp³-hybridized carbons (Fsp3) is 0.941. The van der Waals surface area contributed by atoms with E-state index in [1.807, 2.05) is 0 Å². The Balaban J connectivity index is 1.93. The van der Waals surface area contributed by atoms with Crippen LogP contribution in [0, 0.1) is 0 Å². The van der Waals surface area contributed by atoms with Gasteiger partial charge in [-0.2, -0.15) is 0 Å². The van der Waals surface area contributed by atoms with Crippen LogP contribution in [0.3, 0.4) is 0 Å². The van der Waals surface area contributed by atoms with Crippen LogP contribution in [0.5, 0.6) is 0 Å². The Kier molecular flexibility index (Phi) is 12.0. The average molecular weight is 414 g/mol. The molecule has 7 heteroatoms. The van der Waals surface area contributed by atoms with Gasteiger partial charge in [0.2, 0.25) is 0 Å². The van der Waals surface area contributed by atoms with Gasteiger partial charge in [-0.05, 0) is 6.42 Å². The van der Waals surface area contributed by atoms with Crippen LogP contribution in [0.25, 0.3) is 0 Å². The summed E-state index contributed by atoms with van der Waals surface area (Å²) in [7, 11) is -3.00. The summed E-state index contributed by atoms with van der Waals surface area (Å²) in [6.07, 6.45) is 13.3. The van der Waals surface area contributed by atoms with Crippen molar-refractivity contribution in [1.82, 2.24) is 5.32 Å². The zero-order chi connectivity index (χ0) is 17.8. The number of thioether (sulfide) groups is 1. The van der Waals surface area contributed by atoms with Gasteiger partial charge in [0.25, 0.3) is 0 Å². The van der Waals surface area contributed by atoms with E-state index in [0.717, 1.165) is 12.2 Å². The second-order valence-corrected chi connectivity index (χ2v) is 11.1. The molecule has 1 rings (SSSR count). The number of nitrogens with one attached hydrogen (secondary N) is 1. The van der Waals surface area contributed by atoms with E-state index in [-0.39, 0.29) is 22.9 Å². The largest absolute Gasteiger partial charge is 0.366 e. The van der Waals surface area contributed by atoms with Crippen LogP contribution in [0.2, 0.25) is 0 Å². The third-order valence-electron chi connectivity index (χ3n) is 4.32. The van der Waals surface area contributed by atoms with E-state index in [9.17, 15) is 8.42 Å². The molecule has 24 heavy (non-hydrogen) atoms. The van der Waals surface area contributed by atoms with E-state index in [1.54, 1.807) is 11.8 Å². The molecule has 2 unspecified atom stereocenters. The van der Waals surface area contributed by atoms with Crippen LogP contribution in [-0.4, -0.2) is 41.4 Å². The number of hydrogen-bond donors (Lipinski definition) is 1. The van der Waals surface area contributed by atoms with Crippen molar-refractivity contribution >= 4 is 49.7 Å². The molecule has 1 aliphatic rings. The Hall–Kier alpha value is 0.480. The third-order valence-corrected chi connectivity index (χ3v) is 8.04. The molecule has 0 aromatic rings. The lowest BCUT2D eigenvalue weighted by Crippen LogP contribution is -2.38. The van der Waals surface area contributed by atoms with Gasteiger partial charge in [0.1, 0.15) is 4.32 Å². The standard InChI is InChI=1S/C17H32ClNO2S3/c1-2-3-4-5-6-7-8-9-10-11-12-23-17(22)19-16-14-24(20,21)13-15(16)18/h15-16H,2-14H2,1H3,(H,19,22). The summed E-state index contributed by atoms with van der Waals surface area (Å²) in [4.78, 5) is 0. The van der Waals surface area contributed by atoms with E-state index in [2.05, 4.69) is 12.2 Å². The van der Waals surface area contributed by atoms with Gasteiger partial charge in [0, 0.05) is 5.75 Å². The van der Waals surface area contributed by atoms with E-state index in [4.69, 9.17) is 23.8 Å². The predicted molar refractivity (Wildman–Crippen MR) is 112 cm³/mol. The van der Waals surface area contributed by atoms with Crippen LogP contribution in [-0.2, 0) is 9.84 Å². The third kappa shape index (κ3) is 10.5. The second-order valence-electron chi connectivity index (χ2n) is 6.66. The summed E-state index contributed by atoms with van der Waals surface area (Å²) in [5.41, 5.74) is 0. The quantitative estimate of drug-likeness (QED) is 0.279. The fourth-order valence-corrected chi connectivity index (χ4v) is 6.60. The van der Waals surface area contributed by atoms with Crippen molar-refractivity contribution in [1.29, 1.82) is 0 Å². The highest BCUT2D eigenvalue weighted by molar-refractivity contribution is 8.22. The van der Waals surface area contributed by atoms with E-state index < -0.39 is 9.84 Å². The molecular weight excluding hydrogens is 382 g/mol. The SMILES string of the molecule is CCCCCCCCCCCCSC(=S)NC1CS(=O)(=O)CC1Cl. The minimum atomic E-state index is -3.00. The molecule has 1 heterocycles. The monoisotopic (exact) mass is 413 g/mol. The molecule has 1 fully saturated rings.